The summed E-state index contributed by atoms with van der Waals surface area (Å²) in [5.41, 5.74) is 0. The molecule has 8 aromatic rings. The Morgan fingerprint density at radius 3 is 1.47 bits per heavy atom. The van der Waals surface area contributed by atoms with Crippen molar-refractivity contribution in [2.75, 3.05) is 0 Å². The summed E-state index contributed by atoms with van der Waals surface area (Å²) in [6, 6.07) is 24.0. The third kappa shape index (κ3) is 2.90. The van der Waals surface area contributed by atoms with Gasteiger partial charge < -0.3 is 0 Å². The third-order valence-electron chi connectivity index (χ3n) is 5.88. The summed E-state index contributed by atoms with van der Waals surface area (Å²) in [6.45, 7) is 0. The Morgan fingerprint density at radius 2 is 1.03 bits per heavy atom. The van der Waals surface area contributed by atoms with Crippen LogP contribution in [0.25, 0.3) is 66.6 Å². The SMILES string of the molecule is c1c[se]c(-c2cc3cc4c(cc3[se]2)sc2c3cc5cc(-c6ccc[se]6)[se]c5cc3sc42)c1. The standard InChI is InChI=1S/C26H12S2Se4/c1-3-19(29-5-1)23-9-13-7-15-17(11-21(13)31-23)27-26-16-8-14-10-24(20-4-2-6-30-20)32-22(14)12-18(16)28-25(15)26/h1-12H. The maximum absolute atomic E-state index is 2.50. The topological polar surface area (TPSA) is 0 Å². The first-order valence-corrected chi connectivity index (χ1v) is 18.9. The van der Waals surface area contributed by atoms with Gasteiger partial charge in [0.15, 0.2) is 0 Å². The molecular formula is C26H12S2Se4. The summed E-state index contributed by atoms with van der Waals surface area (Å²) in [5.74, 6) is 0. The number of fused-ring (bicyclic) bond motifs is 7. The van der Waals surface area contributed by atoms with Crippen LogP contribution in [0.3, 0.4) is 0 Å². The summed E-state index contributed by atoms with van der Waals surface area (Å²) in [6.07, 6.45) is 0. The molecule has 6 heterocycles. The number of thiophene rings is 2. The van der Waals surface area contributed by atoms with Crippen LogP contribution in [-0.2, 0) is 0 Å². The van der Waals surface area contributed by atoms with Crippen molar-refractivity contribution in [1.29, 1.82) is 0 Å². The molecule has 2 aromatic carbocycles. The predicted octanol–water partition coefficient (Wildman–Crippen LogP) is 7.14. The van der Waals surface area contributed by atoms with E-state index in [0.29, 0.717) is 58.0 Å². The molecule has 8 rings (SSSR count). The molecule has 0 saturated heterocycles. The fourth-order valence-electron chi connectivity index (χ4n) is 4.41. The third-order valence-corrected chi connectivity index (χ3v) is 18.2. The van der Waals surface area contributed by atoms with Crippen LogP contribution in [0.15, 0.2) is 70.5 Å². The number of benzene rings is 2. The summed E-state index contributed by atoms with van der Waals surface area (Å²) < 4.78 is 15.4. The average Bonchev–Trinajstić information content (AvgIpc) is 3.61. The van der Waals surface area contributed by atoms with Crippen molar-refractivity contribution in [3.63, 3.8) is 0 Å². The van der Waals surface area contributed by atoms with Gasteiger partial charge in [0.25, 0.3) is 0 Å². The molecule has 0 unspecified atom stereocenters. The van der Waals surface area contributed by atoms with Crippen molar-refractivity contribution >= 4 is 130 Å². The van der Waals surface area contributed by atoms with Gasteiger partial charge in [-0.15, -0.1) is 0 Å². The van der Waals surface area contributed by atoms with Crippen LogP contribution in [0, 0.1) is 0 Å². The van der Waals surface area contributed by atoms with Crippen molar-refractivity contribution < 1.29 is 0 Å². The molecular weight excluding hydrogens is 692 g/mol. The average molecular weight is 704 g/mol. The summed E-state index contributed by atoms with van der Waals surface area (Å²) in [5, 5.41) is 5.86. The summed E-state index contributed by atoms with van der Waals surface area (Å²) in [4.78, 5) is 4.67. The molecule has 0 N–H and O–H groups in total. The fourth-order valence-corrected chi connectivity index (χ4v) is 16.3. The zero-order valence-corrected chi connectivity index (χ0v) is 24.9. The minimum absolute atomic E-state index is 0.456. The van der Waals surface area contributed by atoms with Crippen LogP contribution in [-0.4, -0.2) is 58.0 Å². The molecule has 0 amide bonds. The Bertz CT molecular complexity index is 1780. The Balaban J connectivity index is 1.35. The molecule has 0 saturated carbocycles. The van der Waals surface area contributed by atoms with Crippen molar-refractivity contribution in [1.82, 2.24) is 0 Å². The van der Waals surface area contributed by atoms with Crippen molar-refractivity contribution in [3.05, 3.63) is 70.5 Å². The van der Waals surface area contributed by atoms with Crippen LogP contribution >= 0.6 is 22.7 Å². The number of hydrogen-bond donors (Lipinski definition) is 0. The van der Waals surface area contributed by atoms with E-state index in [1.165, 1.54) is 40.3 Å². The summed E-state index contributed by atoms with van der Waals surface area (Å²) in [7, 11) is 0. The normalized spacial score (nSPS) is 12.4. The van der Waals surface area contributed by atoms with Gasteiger partial charge in [-0.05, 0) is 0 Å². The van der Waals surface area contributed by atoms with Gasteiger partial charge in [-0.1, -0.05) is 0 Å². The monoisotopic (exact) mass is 708 g/mol. The molecule has 0 radical (unpaired) electrons. The predicted molar refractivity (Wildman–Crippen MR) is 148 cm³/mol. The fraction of sp³-hybridized carbons (Fsp3) is 0. The van der Waals surface area contributed by atoms with E-state index in [1.54, 1.807) is 26.3 Å². The molecule has 0 aliphatic rings. The summed E-state index contributed by atoms with van der Waals surface area (Å²) >= 11 is 6.00. The molecule has 152 valence electrons. The van der Waals surface area contributed by atoms with Gasteiger partial charge in [0, 0.05) is 0 Å². The number of hydrogen-bond acceptors (Lipinski definition) is 2. The van der Waals surface area contributed by atoms with E-state index in [2.05, 4.69) is 70.5 Å². The van der Waals surface area contributed by atoms with Crippen molar-refractivity contribution in [3.8, 4) is 17.7 Å². The molecule has 0 aliphatic heterocycles. The Labute approximate surface area is 215 Å². The van der Waals surface area contributed by atoms with Crippen LogP contribution < -0.4 is 0 Å². The van der Waals surface area contributed by atoms with Crippen LogP contribution in [0.2, 0.25) is 0 Å². The molecule has 32 heavy (non-hydrogen) atoms. The zero-order chi connectivity index (χ0) is 20.8. The van der Waals surface area contributed by atoms with E-state index in [9.17, 15) is 0 Å². The Morgan fingerprint density at radius 1 is 0.531 bits per heavy atom. The van der Waals surface area contributed by atoms with Gasteiger partial charge in [0.2, 0.25) is 0 Å². The number of rotatable bonds is 2. The first-order chi connectivity index (χ1) is 15.8. The van der Waals surface area contributed by atoms with E-state index in [1.807, 2.05) is 22.7 Å². The zero-order valence-electron chi connectivity index (χ0n) is 16.4. The van der Waals surface area contributed by atoms with Gasteiger partial charge in [0.1, 0.15) is 0 Å². The first-order valence-electron chi connectivity index (χ1n) is 10.1. The van der Waals surface area contributed by atoms with Gasteiger partial charge >= 0.3 is 218 Å². The second kappa shape index (κ2) is 7.32. The molecule has 0 spiro atoms. The Hall–Kier alpha value is -0.862. The molecule has 0 fully saturated rings. The molecule has 0 atom stereocenters. The van der Waals surface area contributed by atoms with Crippen molar-refractivity contribution in [2.24, 2.45) is 0 Å². The van der Waals surface area contributed by atoms with Crippen LogP contribution in [0.5, 0.6) is 0 Å². The molecule has 0 bridgehead atoms. The molecule has 6 aromatic heterocycles. The van der Waals surface area contributed by atoms with Gasteiger partial charge in [-0.25, -0.2) is 0 Å². The molecule has 6 heteroatoms. The quantitative estimate of drug-likeness (QED) is 0.168. The van der Waals surface area contributed by atoms with E-state index in [0.717, 1.165) is 0 Å². The van der Waals surface area contributed by atoms with E-state index in [4.69, 9.17) is 0 Å². The minimum atomic E-state index is 0.456. The van der Waals surface area contributed by atoms with Crippen LogP contribution in [0.1, 0.15) is 0 Å². The van der Waals surface area contributed by atoms with Gasteiger partial charge in [-0.2, -0.15) is 0 Å². The second-order valence-electron chi connectivity index (χ2n) is 7.81. The van der Waals surface area contributed by atoms with Crippen molar-refractivity contribution in [2.45, 2.75) is 0 Å². The molecule has 0 aliphatic carbocycles. The maximum atomic E-state index is 2.50. The van der Waals surface area contributed by atoms with E-state index < -0.39 is 0 Å². The van der Waals surface area contributed by atoms with Gasteiger partial charge in [0.05, 0.1) is 0 Å². The second-order valence-corrected chi connectivity index (χ2v) is 18.4. The Kier molecular flexibility index (Phi) is 4.45. The first kappa shape index (κ1) is 19.4. The van der Waals surface area contributed by atoms with E-state index >= 15 is 0 Å². The molecule has 0 nitrogen and oxygen atoms in total. The van der Waals surface area contributed by atoms with Crippen LogP contribution in [0.4, 0.5) is 0 Å². The van der Waals surface area contributed by atoms with E-state index in [-0.39, 0.29) is 0 Å². The van der Waals surface area contributed by atoms with Gasteiger partial charge in [-0.3, -0.25) is 0 Å².